The fourth-order valence-electron chi connectivity index (χ4n) is 8.97. The predicted molar refractivity (Wildman–Crippen MR) is 103 cm³/mol. The van der Waals surface area contributed by atoms with Crippen molar-refractivity contribution in [3.63, 3.8) is 0 Å². The van der Waals surface area contributed by atoms with E-state index in [1.165, 1.54) is 37.7 Å². The minimum atomic E-state index is -0.193. The Hall–Kier alpha value is -1.09. The molecule has 6 aliphatic rings. The van der Waals surface area contributed by atoms with Gasteiger partial charge in [-0.3, -0.25) is 4.79 Å². The van der Waals surface area contributed by atoms with Crippen molar-refractivity contribution in [1.29, 1.82) is 0 Å². The van der Waals surface area contributed by atoms with Crippen molar-refractivity contribution in [2.45, 2.75) is 64.4 Å². The monoisotopic (exact) mass is 368 g/mol. The molecule has 146 valence electrons. The van der Waals surface area contributed by atoms with Gasteiger partial charge in [0.2, 0.25) is 0 Å². The van der Waals surface area contributed by atoms with Gasteiger partial charge in [-0.25, -0.2) is 0 Å². The van der Waals surface area contributed by atoms with E-state index in [9.17, 15) is 9.90 Å². The maximum atomic E-state index is 12.1. The Labute approximate surface area is 162 Å². The molecule has 0 aromatic rings. The number of hydrogen-bond acceptors (Lipinski definition) is 3. The van der Waals surface area contributed by atoms with Crippen LogP contribution in [0.3, 0.4) is 0 Å². The first-order valence-electron chi connectivity index (χ1n) is 11.2. The molecule has 0 unspecified atom stereocenters. The highest BCUT2D eigenvalue weighted by molar-refractivity contribution is 5.73. The highest BCUT2D eigenvalue weighted by Crippen LogP contribution is 2.79. The second kappa shape index (κ2) is 5.09. The minimum Gasteiger partial charge on any atom is -0.458 e. The normalized spacial score (nSPS) is 57.4. The number of rotatable bonds is 1. The molecule has 0 radical (unpaired) electrons. The quantitative estimate of drug-likeness (QED) is 0.703. The molecule has 27 heavy (non-hydrogen) atoms. The third-order valence-electron chi connectivity index (χ3n) is 10.2. The van der Waals surface area contributed by atoms with Gasteiger partial charge < -0.3 is 9.84 Å². The summed E-state index contributed by atoms with van der Waals surface area (Å²) < 4.78 is 6.19. The summed E-state index contributed by atoms with van der Waals surface area (Å²) in [5.41, 5.74) is 1.65. The Morgan fingerprint density at radius 1 is 1.22 bits per heavy atom. The van der Waals surface area contributed by atoms with Gasteiger partial charge in [-0.15, -0.1) is 0 Å². The molecule has 0 bridgehead atoms. The lowest BCUT2D eigenvalue weighted by molar-refractivity contribution is -0.178. The Morgan fingerprint density at radius 3 is 2.81 bits per heavy atom. The molecule has 5 aliphatic carbocycles. The van der Waals surface area contributed by atoms with E-state index in [-0.39, 0.29) is 34.9 Å². The van der Waals surface area contributed by atoms with E-state index in [1.54, 1.807) is 0 Å². The van der Waals surface area contributed by atoms with Gasteiger partial charge in [-0.05, 0) is 73.2 Å². The Morgan fingerprint density at radius 2 is 2.07 bits per heavy atom. The van der Waals surface area contributed by atoms with E-state index in [0.29, 0.717) is 36.0 Å². The molecule has 1 heterocycles. The first-order valence-corrected chi connectivity index (χ1v) is 11.2. The second-order valence-corrected chi connectivity index (χ2v) is 10.9. The van der Waals surface area contributed by atoms with Crippen LogP contribution in [0.25, 0.3) is 0 Å². The van der Waals surface area contributed by atoms with Crippen LogP contribution in [0.2, 0.25) is 0 Å². The minimum absolute atomic E-state index is 0.0264. The zero-order chi connectivity index (χ0) is 18.6. The van der Waals surface area contributed by atoms with Gasteiger partial charge in [0.15, 0.2) is 0 Å². The average molecular weight is 369 g/mol. The molecule has 6 rings (SSSR count). The molecule has 1 N–H and O–H groups in total. The first kappa shape index (κ1) is 16.8. The van der Waals surface area contributed by atoms with Crippen LogP contribution in [0.15, 0.2) is 23.8 Å². The van der Waals surface area contributed by atoms with Crippen LogP contribution >= 0.6 is 0 Å². The number of carbonyl (C=O) groups is 1. The maximum Gasteiger partial charge on any atom is 0.306 e. The predicted octanol–water partition coefficient (Wildman–Crippen LogP) is 4.27. The highest BCUT2D eigenvalue weighted by Gasteiger charge is 2.79. The lowest BCUT2D eigenvalue weighted by Gasteiger charge is -2.60. The SMILES string of the molecule is C[C@]12CCC=CC1=C[C@H](CO)[C@H]1[C@@H]3[C@@H]4C[C@@H]4[C@@]4(CCC(=O)O4)[C@@]3(C)CC[C@@H]12. The summed E-state index contributed by atoms with van der Waals surface area (Å²) in [5, 5.41) is 10.4. The van der Waals surface area contributed by atoms with Gasteiger partial charge in [0.05, 0.1) is 0 Å². The third-order valence-corrected chi connectivity index (χ3v) is 10.2. The zero-order valence-corrected chi connectivity index (χ0v) is 16.6. The molecule has 3 heteroatoms. The van der Waals surface area contributed by atoms with Crippen molar-refractivity contribution >= 4 is 5.97 Å². The number of aliphatic hydroxyl groups excluding tert-OH is 1. The molecule has 9 atom stereocenters. The summed E-state index contributed by atoms with van der Waals surface area (Å²) in [4.78, 5) is 12.1. The van der Waals surface area contributed by atoms with Gasteiger partial charge in [0.25, 0.3) is 0 Å². The third kappa shape index (κ3) is 1.81. The lowest BCUT2D eigenvalue weighted by atomic mass is 9.44. The van der Waals surface area contributed by atoms with E-state index >= 15 is 0 Å². The first-order chi connectivity index (χ1) is 12.9. The standard InChI is InChI=1S/C24H32O3/c1-22-8-4-3-5-15(22)11-14(13-25)20-17(22)6-9-23(2)21(20)16-12-18(16)24(23)10-7-19(26)27-24/h3,5,11,14,16-18,20-21,25H,4,6-10,12-13H2,1-2H3/t14-,16-,17+,18+,20-,21+,22+,23+,24+/m1/s1. The summed E-state index contributed by atoms with van der Waals surface area (Å²) >= 11 is 0. The van der Waals surface area contributed by atoms with Gasteiger partial charge in [0, 0.05) is 30.3 Å². The van der Waals surface area contributed by atoms with Crippen molar-refractivity contribution in [3.8, 4) is 0 Å². The van der Waals surface area contributed by atoms with E-state index in [1.807, 2.05) is 0 Å². The Balaban J connectivity index is 1.47. The fourth-order valence-corrected chi connectivity index (χ4v) is 8.97. The molecule has 4 fully saturated rings. The smallest absolute Gasteiger partial charge is 0.306 e. The molecule has 0 aromatic carbocycles. The number of hydrogen-bond donors (Lipinski definition) is 1. The van der Waals surface area contributed by atoms with Crippen molar-refractivity contribution < 1.29 is 14.6 Å². The molecule has 1 spiro atoms. The summed E-state index contributed by atoms with van der Waals surface area (Å²) in [5.74, 6) is 3.39. The van der Waals surface area contributed by atoms with Crippen LogP contribution in [0.1, 0.15) is 58.8 Å². The molecule has 3 saturated carbocycles. The van der Waals surface area contributed by atoms with Crippen molar-refractivity contribution in [3.05, 3.63) is 23.8 Å². The summed E-state index contributed by atoms with van der Waals surface area (Å²) in [6, 6.07) is 0. The Kier molecular flexibility index (Phi) is 3.17. The van der Waals surface area contributed by atoms with Crippen LogP contribution in [0.4, 0.5) is 0 Å². The number of carbonyl (C=O) groups excluding carboxylic acids is 1. The van der Waals surface area contributed by atoms with Gasteiger partial charge in [-0.2, -0.15) is 0 Å². The molecule has 3 nitrogen and oxygen atoms in total. The van der Waals surface area contributed by atoms with Crippen LogP contribution in [-0.4, -0.2) is 23.3 Å². The van der Waals surface area contributed by atoms with Crippen molar-refractivity contribution in [2.24, 2.45) is 46.3 Å². The number of fused-ring (bicyclic) bond motifs is 9. The molecule has 0 amide bonds. The molecule has 1 saturated heterocycles. The van der Waals surface area contributed by atoms with E-state index in [2.05, 4.69) is 32.1 Å². The fraction of sp³-hybridized carbons (Fsp3) is 0.792. The van der Waals surface area contributed by atoms with Crippen LogP contribution < -0.4 is 0 Å². The largest absolute Gasteiger partial charge is 0.458 e. The summed E-state index contributed by atoms with van der Waals surface area (Å²) in [6.45, 7) is 5.18. The van der Waals surface area contributed by atoms with Gasteiger partial charge in [0.1, 0.15) is 5.60 Å². The van der Waals surface area contributed by atoms with Gasteiger partial charge in [-0.1, -0.05) is 32.1 Å². The van der Waals surface area contributed by atoms with E-state index in [0.717, 1.165) is 6.42 Å². The second-order valence-electron chi connectivity index (χ2n) is 10.9. The van der Waals surface area contributed by atoms with E-state index in [4.69, 9.17) is 4.74 Å². The molecular weight excluding hydrogens is 336 g/mol. The zero-order valence-electron chi connectivity index (χ0n) is 16.6. The van der Waals surface area contributed by atoms with Gasteiger partial charge >= 0.3 is 5.97 Å². The highest BCUT2D eigenvalue weighted by atomic mass is 16.6. The van der Waals surface area contributed by atoms with Crippen molar-refractivity contribution in [1.82, 2.24) is 0 Å². The van der Waals surface area contributed by atoms with Crippen LogP contribution in [-0.2, 0) is 9.53 Å². The number of esters is 1. The van der Waals surface area contributed by atoms with Crippen LogP contribution in [0, 0.1) is 46.3 Å². The van der Waals surface area contributed by atoms with E-state index < -0.39 is 0 Å². The maximum absolute atomic E-state index is 12.1. The summed E-state index contributed by atoms with van der Waals surface area (Å²) in [7, 11) is 0. The van der Waals surface area contributed by atoms with Crippen molar-refractivity contribution in [2.75, 3.05) is 6.61 Å². The molecular formula is C24H32O3. The number of allylic oxidation sites excluding steroid dienone is 3. The summed E-state index contributed by atoms with van der Waals surface area (Å²) in [6.07, 6.45) is 14.7. The lowest BCUT2D eigenvalue weighted by Crippen LogP contribution is -2.58. The number of ether oxygens (including phenoxy) is 1. The molecule has 1 aliphatic heterocycles. The topological polar surface area (TPSA) is 46.5 Å². The van der Waals surface area contributed by atoms with Crippen LogP contribution in [0.5, 0.6) is 0 Å². The average Bonchev–Trinajstić information content (AvgIpc) is 3.29. The number of aliphatic hydroxyl groups is 1. The Bertz CT molecular complexity index is 768. The molecule has 0 aromatic heterocycles.